The molecule has 2 nitrogen and oxygen atoms in total. The second-order valence-electron chi connectivity index (χ2n) is 11.1. The molecular weight excluding hydrogens is 430 g/mol. The summed E-state index contributed by atoms with van der Waals surface area (Å²) in [7, 11) is 0. The lowest BCUT2D eigenvalue weighted by molar-refractivity contribution is -0.00381. The highest BCUT2D eigenvalue weighted by Gasteiger charge is 2.31. The van der Waals surface area contributed by atoms with Gasteiger partial charge in [0.2, 0.25) is 5.82 Å². The lowest BCUT2D eigenvalue weighted by Crippen LogP contribution is -2.32. The minimum atomic E-state index is -0.836. The summed E-state index contributed by atoms with van der Waals surface area (Å²) >= 11 is 0. The fourth-order valence-corrected chi connectivity index (χ4v) is 6.52. The molecule has 0 amide bonds. The third kappa shape index (κ3) is 6.42. The summed E-state index contributed by atoms with van der Waals surface area (Å²) < 4.78 is 40.6. The zero-order valence-corrected chi connectivity index (χ0v) is 21.3. The Morgan fingerprint density at radius 1 is 0.882 bits per heavy atom. The first-order valence-corrected chi connectivity index (χ1v) is 14.0. The Morgan fingerprint density at radius 2 is 1.62 bits per heavy atom. The van der Waals surface area contributed by atoms with Crippen LogP contribution in [-0.2, 0) is 11.2 Å². The molecule has 0 saturated heterocycles. The highest BCUT2D eigenvalue weighted by molar-refractivity contribution is 5.31. The molecule has 1 aromatic carbocycles. The molecule has 1 atom stereocenters. The Kier molecular flexibility index (Phi) is 9.45. The Labute approximate surface area is 205 Å². The second-order valence-corrected chi connectivity index (χ2v) is 11.1. The normalized spacial score (nSPS) is 30.1. The smallest absolute Gasteiger partial charge is 0.200 e. The third-order valence-corrected chi connectivity index (χ3v) is 8.68. The van der Waals surface area contributed by atoms with Crippen molar-refractivity contribution in [2.45, 2.75) is 103 Å². The molecule has 4 heteroatoms. The zero-order valence-electron chi connectivity index (χ0n) is 21.3. The highest BCUT2D eigenvalue weighted by atomic mass is 19.2. The first-order chi connectivity index (χ1) is 16.6. The van der Waals surface area contributed by atoms with Crippen molar-refractivity contribution in [1.29, 1.82) is 0 Å². The van der Waals surface area contributed by atoms with E-state index in [-0.39, 0.29) is 5.75 Å². The third-order valence-electron chi connectivity index (χ3n) is 8.68. The van der Waals surface area contributed by atoms with Crippen LogP contribution in [0.4, 0.5) is 8.78 Å². The molecule has 0 aromatic heterocycles. The summed E-state index contributed by atoms with van der Waals surface area (Å²) in [6.45, 7) is 5.54. The van der Waals surface area contributed by atoms with Crippen molar-refractivity contribution in [2.24, 2.45) is 23.7 Å². The molecule has 0 bridgehead atoms. The summed E-state index contributed by atoms with van der Waals surface area (Å²) in [6.07, 6.45) is 17.9. The van der Waals surface area contributed by atoms with Gasteiger partial charge in [-0.1, -0.05) is 58.1 Å². The maximum absolute atomic E-state index is 14.3. The Bertz CT molecular complexity index is 804. The van der Waals surface area contributed by atoms with Crippen LogP contribution in [-0.4, -0.2) is 19.3 Å². The Morgan fingerprint density at radius 3 is 2.26 bits per heavy atom. The predicted molar refractivity (Wildman–Crippen MR) is 134 cm³/mol. The standard InChI is InChI=1S/C30H44F2O2/c1-3-5-21-7-13-24(14-8-21)27-17-16-26(20-34-27)23-11-9-22(10-12-23)19-33-28-18-15-25(6-4-2)29(31)30(28)32/h15-16,18,21-24,27H,3-14,17,19-20H2,1-2H3. The molecule has 0 N–H and O–H groups in total. The van der Waals surface area contributed by atoms with Crippen LogP contribution in [0.3, 0.4) is 0 Å². The van der Waals surface area contributed by atoms with Gasteiger partial charge in [0.05, 0.1) is 19.3 Å². The quantitative estimate of drug-likeness (QED) is 0.334. The van der Waals surface area contributed by atoms with Crippen LogP contribution in [0.15, 0.2) is 23.8 Å². The molecule has 3 aliphatic rings. The van der Waals surface area contributed by atoms with Gasteiger partial charge >= 0.3 is 0 Å². The summed E-state index contributed by atoms with van der Waals surface area (Å²) in [5.41, 5.74) is 1.93. The molecule has 190 valence electrons. The van der Waals surface area contributed by atoms with Crippen LogP contribution in [0, 0.1) is 35.3 Å². The van der Waals surface area contributed by atoms with Crippen LogP contribution in [0.2, 0.25) is 0 Å². The van der Waals surface area contributed by atoms with Gasteiger partial charge in [-0.2, -0.15) is 4.39 Å². The number of aryl methyl sites for hydroxylation is 1. The van der Waals surface area contributed by atoms with Crippen LogP contribution in [0.1, 0.15) is 96.5 Å². The molecule has 2 aliphatic carbocycles. The van der Waals surface area contributed by atoms with E-state index < -0.39 is 11.6 Å². The molecule has 1 aromatic rings. The van der Waals surface area contributed by atoms with Crippen LogP contribution in [0.5, 0.6) is 5.75 Å². The van der Waals surface area contributed by atoms with E-state index >= 15 is 0 Å². The largest absolute Gasteiger partial charge is 0.490 e. The number of halogens is 2. The first-order valence-electron chi connectivity index (χ1n) is 14.0. The lowest BCUT2D eigenvalue weighted by Gasteiger charge is -2.37. The van der Waals surface area contributed by atoms with Crippen molar-refractivity contribution in [1.82, 2.24) is 0 Å². The second kappa shape index (κ2) is 12.5. The molecule has 1 heterocycles. The number of ether oxygens (including phenoxy) is 2. The van der Waals surface area contributed by atoms with Gasteiger partial charge in [0.1, 0.15) is 0 Å². The van der Waals surface area contributed by atoms with Gasteiger partial charge in [0, 0.05) is 0 Å². The molecular formula is C30H44F2O2. The van der Waals surface area contributed by atoms with Crippen molar-refractivity contribution >= 4 is 0 Å². The molecule has 2 fully saturated rings. The molecule has 2 saturated carbocycles. The van der Waals surface area contributed by atoms with Gasteiger partial charge in [-0.3, -0.25) is 0 Å². The van der Waals surface area contributed by atoms with E-state index in [9.17, 15) is 8.78 Å². The van der Waals surface area contributed by atoms with E-state index in [0.29, 0.717) is 36.5 Å². The van der Waals surface area contributed by atoms with Crippen LogP contribution >= 0.6 is 0 Å². The summed E-state index contributed by atoms with van der Waals surface area (Å²) in [6, 6.07) is 3.25. The van der Waals surface area contributed by atoms with Crippen molar-refractivity contribution in [3.05, 3.63) is 41.0 Å². The predicted octanol–water partition coefficient (Wildman–Crippen LogP) is 8.42. The van der Waals surface area contributed by atoms with Gasteiger partial charge in [-0.15, -0.1) is 0 Å². The van der Waals surface area contributed by atoms with Gasteiger partial charge < -0.3 is 9.47 Å². The van der Waals surface area contributed by atoms with Gasteiger partial charge in [-0.05, 0) is 92.2 Å². The number of hydrogen-bond donors (Lipinski definition) is 0. The van der Waals surface area contributed by atoms with Gasteiger partial charge in [0.25, 0.3) is 0 Å². The fourth-order valence-electron chi connectivity index (χ4n) is 6.52. The zero-order chi connectivity index (χ0) is 23.9. The van der Waals surface area contributed by atoms with E-state index in [0.717, 1.165) is 57.0 Å². The first kappa shape index (κ1) is 25.7. The molecule has 4 rings (SSSR count). The van der Waals surface area contributed by atoms with E-state index in [1.54, 1.807) is 12.1 Å². The molecule has 1 unspecified atom stereocenters. The van der Waals surface area contributed by atoms with E-state index in [1.165, 1.54) is 44.1 Å². The maximum Gasteiger partial charge on any atom is 0.200 e. The monoisotopic (exact) mass is 474 g/mol. The van der Waals surface area contributed by atoms with E-state index in [1.807, 2.05) is 6.92 Å². The topological polar surface area (TPSA) is 18.5 Å². The van der Waals surface area contributed by atoms with Crippen molar-refractivity contribution < 1.29 is 18.3 Å². The van der Waals surface area contributed by atoms with Crippen molar-refractivity contribution in [3.63, 3.8) is 0 Å². The van der Waals surface area contributed by atoms with Gasteiger partial charge in [-0.25, -0.2) is 4.39 Å². The highest BCUT2D eigenvalue weighted by Crippen LogP contribution is 2.39. The minimum absolute atomic E-state index is 0.0534. The van der Waals surface area contributed by atoms with Crippen molar-refractivity contribution in [2.75, 3.05) is 13.2 Å². The lowest BCUT2D eigenvalue weighted by atomic mass is 9.75. The average molecular weight is 475 g/mol. The molecule has 34 heavy (non-hydrogen) atoms. The number of benzene rings is 1. The maximum atomic E-state index is 14.3. The molecule has 0 radical (unpaired) electrons. The average Bonchev–Trinajstić information content (AvgIpc) is 2.88. The van der Waals surface area contributed by atoms with Crippen LogP contribution in [0.25, 0.3) is 0 Å². The summed E-state index contributed by atoms with van der Waals surface area (Å²) in [5, 5.41) is 0. The Hall–Kier alpha value is -1.42. The van der Waals surface area contributed by atoms with Crippen LogP contribution < -0.4 is 4.74 Å². The number of rotatable bonds is 9. The summed E-state index contributed by atoms with van der Waals surface area (Å²) in [4.78, 5) is 0. The number of hydrogen-bond acceptors (Lipinski definition) is 2. The summed E-state index contributed by atoms with van der Waals surface area (Å²) in [5.74, 6) is 1.19. The van der Waals surface area contributed by atoms with E-state index in [4.69, 9.17) is 9.47 Å². The van der Waals surface area contributed by atoms with Crippen molar-refractivity contribution in [3.8, 4) is 5.75 Å². The SMILES string of the molecule is CCCc1ccc(OCC2CCC(C3=CCC(C4CCC(CCC)CC4)OC3)CC2)c(F)c1F. The molecule has 0 spiro atoms. The fraction of sp³-hybridized carbons (Fsp3) is 0.733. The van der Waals surface area contributed by atoms with Gasteiger partial charge in [0.15, 0.2) is 11.6 Å². The van der Waals surface area contributed by atoms with E-state index in [2.05, 4.69) is 13.0 Å². The molecule has 1 aliphatic heterocycles. The minimum Gasteiger partial charge on any atom is -0.490 e. The Balaban J connectivity index is 1.19.